The first-order valence-corrected chi connectivity index (χ1v) is 10.1. The largest absolute Gasteiger partial charge is 0.357 e. The van der Waals surface area contributed by atoms with Gasteiger partial charge in [-0.05, 0) is 47.0 Å². The van der Waals surface area contributed by atoms with Crippen LogP contribution < -0.4 is 5.32 Å². The van der Waals surface area contributed by atoms with Crippen molar-refractivity contribution >= 4 is 23.2 Å². The van der Waals surface area contributed by atoms with Gasteiger partial charge in [0.25, 0.3) is 0 Å². The van der Waals surface area contributed by atoms with Gasteiger partial charge in [-0.25, -0.2) is 4.98 Å². The lowest BCUT2D eigenvalue weighted by molar-refractivity contribution is -0.131. The monoisotopic (exact) mass is 367 g/mol. The van der Waals surface area contributed by atoms with Crippen molar-refractivity contribution in [3.63, 3.8) is 0 Å². The van der Waals surface area contributed by atoms with E-state index in [1.807, 2.05) is 44.5 Å². The number of nitrogens with zero attached hydrogens (tertiary/aromatic N) is 4. The highest BCUT2D eigenvalue weighted by Crippen LogP contribution is 2.11. The summed E-state index contributed by atoms with van der Waals surface area (Å²) in [4.78, 5) is 25.2. The van der Waals surface area contributed by atoms with Gasteiger partial charge < -0.3 is 15.1 Å². The molecule has 0 unspecified atom stereocenters. The topological polar surface area (TPSA) is 60.8 Å². The molecule has 1 aromatic rings. The first-order valence-electron chi connectivity index (χ1n) is 9.19. The Bertz CT molecular complexity index is 539. The molecule has 0 radical (unpaired) electrons. The summed E-state index contributed by atoms with van der Waals surface area (Å²) in [5.41, 5.74) is 1.10. The zero-order valence-corrected chi connectivity index (χ0v) is 17.2. The summed E-state index contributed by atoms with van der Waals surface area (Å²) in [6, 6.07) is 0. The van der Waals surface area contributed by atoms with Gasteiger partial charge in [-0.3, -0.25) is 9.79 Å². The van der Waals surface area contributed by atoms with Gasteiger partial charge >= 0.3 is 0 Å². The summed E-state index contributed by atoms with van der Waals surface area (Å²) in [7, 11) is 1.92. The van der Waals surface area contributed by atoms with Crippen molar-refractivity contribution in [3.05, 3.63) is 16.1 Å². The third-order valence-corrected chi connectivity index (χ3v) is 4.94. The molecule has 142 valence electrons. The van der Waals surface area contributed by atoms with Crippen molar-refractivity contribution in [3.8, 4) is 0 Å². The van der Waals surface area contributed by atoms with Gasteiger partial charge in [0.15, 0.2) is 5.96 Å². The summed E-state index contributed by atoms with van der Waals surface area (Å²) in [5, 5.41) is 6.57. The number of carbonyl (C=O) groups excluding carboxylic acids is 1. The molecular formula is C18H33N5OS. The van der Waals surface area contributed by atoms with E-state index in [-0.39, 0.29) is 5.91 Å². The second-order valence-corrected chi connectivity index (χ2v) is 6.94. The number of unbranched alkanes of at least 4 members (excludes halogenated alkanes) is 1. The molecule has 1 rings (SSSR count). The molecule has 0 aromatic carbocycles. The lowest BCUT2D eigenvalue weighted by atomic mass is 10.2. The number of carbonyl (C=O) groups is 1. The Hall–Kier alpha value is -1.63. The van der Waals surface area contributed by atoms with E-state index < -0.39 is 0 Å². The molecule has 0 aliphatic carbocycles. The van der Waals surface area contributed by atoms with Crippen LogP contribution in [0.3, 0.4) is 0 Å². The van der Waals surface area contributed by atoms with Gasteiger partial charge in [-0.1, -0.05) is 0 Å². The molecule has 7 heteroatoms. The highest BCUT2D eigenvalue weighted by Gasteiger charge is 2.14. The second kappa shape index (κ2) is 11.8. The maximum atomic E-state index is 12.3. The molecule has 0 aliphatic rings. The van der Waals surface area contributed by atoms with E-state index in [1.165, 1.54) is 5.01 Å². The van der Waals surface area contributed by atoms with Crippen LogP contribution in [0, 0.1) is 6.92 Å². The third kappa shape index (κ3) is 7.86. The number of thiazole rings is 1. The summed E-state index contributed by atoms with van der Waals surface area (Å²) in [6.45, 7) is 11.5. The Balaban J connectivity index is 2.44. The van der Waals surface area contributed by atoms with Crippen molar-refractivity contribution in [1.29, 1.82) is 0 Å². The minimum atomic E-state index is 0.136. The molecule has 1 N–H and O–H groups in total. The van der Waals surface area contributed by atoms with Crippen molar-refractivity contribution in [2.75, 3.05) is 39.8 Å². The van der Waals surface area contributed by atoms with E-state index in [0.29, 0.717) is 6.54 Å². The SMILES string of the molecule is CCNC(=NCCCCc1nc(C)cs1)N(C)CC(=O)N(CC)CC. The molecule has 25 heavy (non-hydrogen) atoms. The zero-order chi connectivity index (χ0) is 18.7. The fraction of sp³-hybridized carbons (Fsp3) is 0.722. The number of aryl methyl sites for hydroxylation is 2. The molecule has 1 aromatic heterocycles. The van der Waals surface area contributed by atoms with Crippen LogP contribution in [0.2, 0.25) is 0 Å². The number of rotatable bonds is 10. The Labute approximate surface area is 156 Å². The number of amides is 1. The lowest BCUT2D eigenvalue weighted by Gasteiger charge is -2.25. The van der Waals surface area contributed by atoms with E-state index in [1.54, 1.807) is 11.3 Å². The molecule has 1 amide bonds. The van der Waals surface area contributed by atoms with Crippen LogP contribution in [0.4, 0.5) is 0 Å². The zero-order valence-electron chi connectivity index (χ0n) is 16.3. The van der Waals surface area contributed by atoms with Crippen molar-refractivity contribution in [1.82, 2.24) is 20.1 Å². The molecular weight excluding hydrogens is 334 g/mol. The lowest BCUT2D eigenvalue weighted by Crippen LogP contribution is -2.45. The van der Waals surface area contributed by atoms with E-state index in [2.05, 4.69) is 20.7 Å². The molecule has 0 saturated carbocycles. The maximum absolute atomic E-state index is 12.3. The molecule has 6 nitrogen and oxygen atoms in total. The van der Waals surface area contributed by atoms with Crippen LogP contribution in [0.1, 0.15) is 44.3 Å². The Kier molecular flexibility index (Phi) is 10.1. The van der Waals surface area contributed by atoms with Gasteiger partial charge in [0.05, 0.1) is 11.6 Å². The van der Waals surface area contributed by atoms with Crippen LogP contribution in [0.25, 0.3) is 0 Å². The summed E-state index contributed by atoms with van der Waals surface area (Å²) in [6.07, 6.45) is 3.12. The summed E-state index contributed by atoms with van der Waals surface area (Å²) >= 11 is 1.73. The van der Waals surface area contributed by atoms with Crippen LogP contribution in [0.15, 0.2) is 10.4 Å². The number of nitrogens with one attached hydrogen (secondary N) is 1. The number of aromatic nitrogens is 1. The van der Waals surface area contributed by atoms with Gasteiger partial charge in [-0.2, -0.15) is 0 Å². The fourth-order valence-electron chi connectivity index (χ4n) is 2.51. The molecule has 0 saturated heterocycles. The highest BCUT2D eigenvalue weighted by molar-refractivity contribution is 7.09. The van der Waals surface area contributed by atoms with Gasteiger partial charge in [0.1, 0.15) is 0 Å². The molecule has 0 bridgehead atoms. The highest BCUT2D eigenvalue weighted by atomic mass is 32.1. The van der Waals surface area contributed by atoms with E-state index in [4.69, 9.17) is 0 Å². The fourth-order valence-corrected chi connectivity index (χ4v) is 3.33. The average molecular weight is 368 g/mol. The first-order chi connectivity index (χ1) is 12.0. The van der Waals surface area contributed by atoms with E-state index >= 15 is 0 Å². The molecule has 0 spiro atoms. The number of aliphatic imine (C=N–C) groups is 1. The number of hydrogen-bond acceptors (Lipinski definition) is 4. The third-order valence-electron chi connectivity index (χ3n) is 3.91. The summed E-state index contributed by atoms with van der Waals surface area (Å²) in [5.74, 6) is 0.936. The molecule has 1 heterocycles. The van der Waals surface area contributed by atoms with Crippen LogP contribution in [-0.4, -0.2) is 66.4 Å². The smallest absolute Gasteiger partial charge is 0.242 e. The Morgan fingerprint density at radius 3 is 2.56 bits per heavy atom. The van der Waals surface area contributed by atoms with Crippen molar-refractivity contribution < 1.29 is 4.79 Å². The Morgan fingerprint density at radius 1 is 1.28 bits per heavy atom. The minimum Gasteiger partial charge on any atom is -0.357 e. The van der Waals surface area contributed by atoms with E-state index in [9.17, 15) is 4.79 Å². The van der Waals surface area contributed by atoms with Gasteiger partial charge in [0.2, 0.25) is 5.91 Å². The van der Waals surface area contributed by atoms with Crippen LogP contribution >= 0.6 is 11.3 Å². The number of hydrogen-bond donors (Lipinski definition) is 1. The van der Waals surface area contributed by atoms with Gasteiger partial charge in [0, 0.05) is 44.3 Å². The Morgan fingerprint density at radius 2 is 2.00 bits per heavy atom. The number of likely N-dealkylation sites (N-methyl/N-ethyl adjacent to an activating group) is 2. The number of guanidine groups is 1. The predicted octanol–water partition coefficient (Wildman–Crippen LogP) is 2.54. The predicted molar refractivity (Wildman–Crippen MR) is 106 cm³/mol. The molecule has 0 atom stereocenters. The van der Waals surface area contributed by atoms with Gasteiger partial charge in [-0.15, -0.1) is 11.3 Å². The van der Waals surface area contributed by atoms with Crippen molar-refractivity contribution in [2.24, 2.45) is 4.99 Å². The maximum Gasteiger partial charge on any atom is 0.242 e. The first kappa shape index (κ1) is 21.4. The normalized spacial score (nSPS) is 11.5. The van der Waals surface area contributed by atoms with Crippen molar-refractivity contribution in [2.45, 2.75) is 47.0 Å². The van der Waals surface area contributed by atoms with Crippen LogP contribution in [-0.2, 0) is 11.2 Å². The average Bonchev–Trinajstić information content (AvgIpc) is 3.00. The molecule has 0 fully saturated rings. The van der Waals surface area contributed by atoms with Crippen LogP contribution in [0.5, 0.6) is 0 Å². The quantitative estimate of drug-likeness (QED) is 0.392. The standard InChI is InChI=1S/C18H33N5OS/c1-6-19-18(22(5)13-17(24)23(7-2)8-3)20-12-10-9-11-16-21-15(4)14-25-16/h14H,6-13H2,1-5H3,(H,19,20). The molecule has 0 aliphatic heterocycles. The second-order valence-electron chi connectivity index (χ2n) is 6.00. The van der Waals surface area contributed by atoms with E-state index in [0.717, 1.165) is 57.1 Å². The minimum absolute atomic E-state index is 0.136. The summed E-state index contributed by atoms with van der Waals surface area (Å²) < 4.78 is 0.